The van der Waals surface area contributed by atoms with Gasteiger partial charge in [-0.05, 0) is 49.4 Å². The van der Waals surface area contributed by atoms with E-state index in [0.717, 1.165) is 12.1 Å². The number of nitrogens with one attached hydrogen (secondary N) is 2. The van der Waals surface area contributed by atoms with Crippen molar-refractivity contribution in [2.45, 2.75) is 18.0 Å². The fraction of sp³-hybridized carbons (Fsp3) is 0.150. The number of amides is 1. The molecule has 2 aromatic carbocycles. The second kappa shape index (κ2) is 9.96. The second-order valence-electron chi connectivity index (χ2n) is 6.21. The van der Waals surface area contributed by atoms with E-state index >= 15 is 0 Å². The number of aromatic nitrogens is 2. The summed E-state index contributed by atoms with van der Waals surface area (Å²) in [6.45, 7) is 2.19. The second-order valence-corrected chi connectivity index (χ2v) is 7.83. The molecule has 1 heterocycles. The molecule has 2 N–H and O–H groups in total. The van der Waals surface area contributed by atoms with E-state index in [1.165, 1.54) is 42.6 Å². The van der Waals surface area contributed by atoms with Crippen molar-refractivity contribution in [3.05, 3.63) is 71.1 Å². The van der Waals surface area contributed by atoms with Crippen molar-refractivity contribution in [1.29, 1.82) is 0 Å². The van der Waals surface area contributed by atoms with Gasteiger partial charge < -0.3 is 14.8 Å². The first-order chi connectivity index (χ1) is 15.2. The molecule has 1 unspecified atom stereocenters. The molecule has 168 valence electrons. The number of hydrogen-bond acceptors (Lipinski definition) is 5. The number of nitrogens with zero attached hydrogens (tertiary/aromatic N) is 2. The Bertz CT molecular complexity index is 1140. The van der Waals surface area contributed by atoms with Gasteiger partial charge in [-0.25, -0.2) is 9.19 Å². The van der Waals surface area contributed by atoms with Crippen LogP contribution in [0.2, 0.25) is 5.02 Å². The summed E-state index contributed by atoms with van der Waals surface area (Å²) in [6.07, 6.45) is -3.28. The van der Waals surface area contributed by atoms with E-state index in [4.69, 9.17) is 16.3 Å². The van der Waals surface area contributed by atoms with Gasteiger partial charge >= 0.3 is 6.18 Å². The molecule has 1 atom stereocenters. The fourth-order valence-corrected chi connectivity index (χ4v) is 3.57. The molecule has 0 radical (unpaired) electrons. The molecule has 0 aliphatic heterocycles. The van der Waals surface area contributed by atoms with E-state index in [0.29, 0.717) is 18.0 Å². The van der Waals surface area contributed by atoms with Crippen molar-refractivity contribution in [2.75, 3.05) is 11.3 Å². The number of hydrogen-bond donors (Lipinski definition) is 2. The van der Waals surface area contributed by atoms with Crippen molar-refractivity contribution in [1.82, 2.24) is 15.3 Å². The first kappa shape index (κ1) is 23.5. The third kappa shape index (κ3) is 5.95. The van der Waals surface area contributed by atoms with Gasteiger partial charge in [0.1, 0.15) is 16.7 Å². The van der Waals surface area contributed by atoms with Crippen molar-refractivity contribution in [3.8, 4) is 11.6 Å². The maximum Gasteiger partial charge on any atom is 0.417 e. The summed E-state index contributed by atoms with van der Waals surface area (Å²) in [5, 5.41) is 2.11. The van der Waals surface area contributed by atoms with Gasteiger partial charge in [0, 0.05) is 24.5 Å². The first-order valence-electron chi connectivity index (χ1n) is 9.11. The van der Waals surface area contributed by atoms with Crippen LogP contribution in [-0.2, 0) is 17.2 Å². The van der Waals surface area contributed by atoms with Gasteiger partial charge in [-0.1, -0.05) is 11.6 Å². The van der Waals surface area contributed by atoms with E-state index in [2.05, 4.69) is 20.0 Å². The molecule has 0 fully saturated rings. The number of anilines is 1. The minimum Gasteiger partial charge on any atom is -0.439 e. The van der Waals surface area contributed by atoms with Crippen LogP contribution in [0, 0.1) is 0 Å². The van der Waals surface area contributed by atoms with Crippen LogP contribution >= 0.6 is 11.6 Å². The lowest BCUT2D eigenvalue weighted by Gasteiger charge is -2.12. The largest absolute Gasteiger partial charge is 0.439 e. The number of halogens is 4. The normalized spacial score (nSPS) is 12.2. The van der Waals surface area contributed by atoms with Crippen LogP contribution in [0.5, 0.6) is 11.6 Å². The van der Waals surface area contributed by atoms with Crippen LogP contribution < -0.4 is 14.8 Å². The zero-order chi connectivity index (χ0) is 23.3. The molecular formula is C20H16ClF3N4O3S. The van der Waals surface area contributed by atoms with Gasteiger partial charge in [-0.3, -0.25) is 4.79 Å². The average Bonchev–Trinajstić information content (AvgIpc) is 2.75. The Morgan fingerprint density at radius 2 is 1.88 bits per heavy atom. The van der Waals surface area contributed by atoms with Gasteiger partial charge in [0.05, 0.1) is 15.5 Å². The van der Waals surface area contributed by atoms with E-state index < -0.39 is 33.7 Å². The summed E-state index contributed by atoms with van der Waals surface area (Å²) in [5.74, 6) is 0.0363. The highest BCUT2D eigenvalue weighted by Gasteiger charge is 2.33. The molecule has 1 amide bonds. The molecule has 12 heteroatoms. The zero-order valence-corrected chi connectivity index (χ0v) is 18.0. The third-order valence-corrected chi connectivity index (χ3v) is 5.35. The highest BCUT2D eigenvalue weighted by Crippen LogP contribution is 2.35. The van der Waals surface area contributed by atoms with Crippen LogP contribution in [0.1, 0.15) is 23.1 Å². The van der Waals surface area contributed by atoms with Crippen molar-refractivity contribution < 1.29 is 26.9 Å². The van der Waals surface area contributed by atoms with Gasteiger partial charge in [0.2, 0.25) is 11.7 Å². The standard InChI is InChI=1S/C20H16ClF3N4O3S/c1-2-25-19(29)18-26-10-9-17(27-18)31-13-5-3-12(4-6-13)28-32(30)14-7-8-16(21)15(11-14)20(22,23)24/h3-11,28H,2H2,1H3,(H,25,29). The number of benzene rings is 2. The Morgan fingerprint density at radius 3 is 2.53 bits per heavy atom. The molecule has 0 spiro atoms. The Labute approximate surface area is 188 Å². The maximum absolute atomic E-state index is 13.0. The third-order valence-electron chi connectivity index (χ3n) is 3.92. The molecule has 3 aromatic rings. The van der Waals surface area contributed by atoms with Crippen molar-refractivity contribution in [2.24, 2.45) is 0 Å². The van der Waals surface area contributed by atoms with Crippen LogP contribution in [-0.4, -0.2) is 26.6 Å². The van der Waals surface area contributed by atoms with Crippen LogP contribution in [0.25, 0.3) is 0 Å². The van der Waals surface area contributed by atoms with Crippen LogP contribution in [0.3, 0.4) is 0 Å². The number of carbonyl (C=O) groups excluding carboxylic acids is 1. The molecule has 7 nitrogen and oxygen atoms in total. The lowest BCUT2D eigenvalue weighted by atomic mass is 10.2. The van der Waals surface area contributed by atoms with Crippen molar-refractivity contribution in [3.63, 3.8) is 0 Å². The van der Waals surface area contributed by atoms with Crippen molar-refractivity contribution >= 4 is 34.2 Å². The molecule has 3 rings (SSSR count). The zero-order valence-electron chi connectivity index (χ0n) is 16.4. The minimum atomic E-state index is -4.66. The minimum absolute atomic E-state index is 0.0424. The molecule has 0 bridgehead atoms. The van der Waals surface area contributed by atoms with Gasteiger partial charge in [0.15, 0.2) is 0 Å². The number of rotatable bonds is 7. The number of alkyl halides is 3. The van der Waals surface area contributed by atoms with E-state index in [-0.39, 0.29) is 16.6 Å². The predicted octanol–water partition coefficient (Wildman–Crippen LogP) is 4.83. The fourth-order valence-electron chi connectivity index (χ4n) is 2.46. The van der Waals surface area contributed by atoms with Crippen LogP contribution in [0.4, 0.5) is 18.9 Å². The number of carbonyl (C=O) groups is 1. The Kier molecular flexibility index (Phi) is 7.31. The summed E-state index contributed by atoms with van der Waals surface area (Å²) in [6, 6.07) is 10.6. The summed E-state index contributed by atoms with van der Waals surface area (Å²) in [5.41, 5.74) is -0.683. The summed E-state index contributed by atoms with van der Waals surface area (Å²) in [7, 11) is -1.96. The quantitative estimate of drug-likeness (QED) is 0.501. The van der Waals surface area contributed by atoms with Gasteiger partial charge in [-0.15, -0.1) is 0 Å². The summed E-state index contributed by atoms with van der Waals surface area (Å²) < 4.78 is 59.6. The smallest absolute Gasteiger partial charge is 0.417 e. The molecule has 0 saturated carbocycles. The van der Waals surface area contributed by atoms with E-state index in [1.807, 2.05) is 0 Å². The lowest BCUT2D eigenvalue weighted by Crippen LogP contribution is -2.24. The van der Waals surface area contributed by atoms with E-state index in [9.17, 15) is 22.2 Å². The monoisotopic (exact) mass is 484 g/mol. The molecule has 1 aromatic heterocycles. The molecule has 32 heavy (non-hydrogen) atoms. The Hall–Kier alpha value is -3.18. The summed E-state index contributed by atoms with van der Waals surface area (Å²) in [4.78, 5) is 19.6. The van der Waals surface area contributed by atoms with Crippen LogP contribution in [0.15, 0.2) is 59.6 Å². The molecular weight excluding hydrogens is 469 g/mol. The Balaban J connectivity index is 1.68. The highest BCUT2D eigenvalue weighted by atomic mass is 35.5. The average molecular weight is 485 g/mol. The van der Waals surface area contributed by atoms with Gasteiger partial charge in [-0.2, -0.15) is 18.2 Å². The lowest BCUT2D eigenvalue weighted by molar-refractivity contribution is -0.137. The molecule has 0 saturated heterocycles. The first-order valence-corrected chi connectivity index (χ1v) is 10.6. The SMILES string of the molecule is CCNC(=O)c1nccc(Oc2ccc(NS(=O)c3ccc(Cl)c(C(F)(F)F)c3)cc2)n1. The Morgan fingerprint density at radius 1 is 1.16 bits per heavy atom. The molecule has 0 aliphatic rings. The topological polar surface area (TPSA) is 93.2 Å². The van der Waals surface area contributed by atoms with Gasteiger partial charge in [0.25, 0.3) is 5.91 Å². The summed E-state index contributed by atoms with van der Waals surface area (Å²) >= 11 is 5.59. The van der Waals surface area contributed by atoms with E-state index in [1.54, 1.807) is 6.92 Å². The maximum atomic E-state index is 13.0. The molecule has 0 aliphatic carbocycles. The number of ether oxygens (including phenoxy) is 1. The highest BCUT2D eigenvalue weighted by molar-refractivity contribution is 7.86. The predicted molar refractivity (Wildman–Crippen MR) is 113 cm³/mol.